The molecular formula is C55H48N2. The smallest absolute Gasteiger partial charge is 0.145 e. The average Bonchev–Trinajstić information content (AvgIpc) is 3.28. The minimum Gasteiger partial charge on any atom is -0.360 e. The molecule has 1 N–H and O–H groups in total. The summed E-state index contributed by atoms with van der Waals surface area (Å²) in [6.07, 6.45) is 16.0. The minimum atomic E-state index is -0.431. The van der Waals surface area contributed by atoms with Gasteiger partial charge in [0.2, 0.25) is 0 Å². The molecule has 57 heavy (non-hydrogen) atoms. The van der Waals surface area contributed by atoms with E-state index in [0.29, 0.717) is 11.8 Å². The highest BCUT2D eigenvalue weighted by Crippen LogP contribution is 2.48. The van der Waals surface area contributed by atoms with E-state index in [9.17, 15) is 0 Å². The molecule has 0 saturated heterocycles. The van der Waals surface area contributed by atoms with Crippen molar-refractivity contribution in [3.05, 3.63) is 241 Å². The van der Waals surface area contributed by atoms with Crippen LogP contribution in [-0.2, 0) is 0 Å². The van der Waals surface area contributed by atoms with Crippen LogP contribution in [0.3, 0.4) is 0 Å². The van der Waals surface area contributed by atoms with E-state index in [1.807, 2.05) is 18.2 Å². The van der Waals surface area contributed by atoms with Crippen molar-refractivity contribution >= 4 is 17.0 Å². The minimum absolute atomic E-state index is 0.300. The van der Waals surface area contributed by atoms with Crippen LogP contribution >= 0.6 is 0 Å². The molecule has 6 aromatic rings. The van der Waals surface area contributed by atoms with Gasteiger partial charge < -0.3 is 5.32 Å². The van der Waals surface area contributed by atoms with Gasteiger partial charge in [0, 0.05) is 17.5 Å². The molecule has 0 amide bonds. The first-order valence-corrected chi connectivity index (χ1v) is 20.0. The van der Waals surface area contributed by atoms with Crippen molar-refractivity contribution in [3.63, 3.8) is 0 Å². The van der Waals surface area contributed by atoms with Crippen LogP contribution in [0.25, 0.3) is 44.7 Å². The van der Waals surface area contributed by atoms with Crippen LogP contribution in [-0.4, -0.2) is 5.71 Å². The lowest BCUT2D eigenvalue weighted by Crippen LogP contribution is -2.20. The topological polar surface area (TPSA) is 24.4 Å². The molecule has 0 fully saturated rings. The van der Waals surface area contributed by atoms with Crippen molar-refractivity contribution in [2.24, 2.45) is 10.9 Å². The monoisotopic (exact) mass is 736 g/mol. The summed E-state index contributed by atoms with van der Waals surface area (Å²) in [5.41, 5.74) is 17.3. The van der Waals surface area contributed by atoms with Crippen LogP contribution in [0, 0.1) is 5.92 Å². The number of nitrogens with zero attached hydrogens (tertiary/aromatic N) is 1. The molecule has 2 heteroatoms. The van der Waals surface area contributed by atoms with E-state index in [-0.39, 0.29) is 0 Å². The highest BCUT2D eigenvalue weighted by atomic mass is 15.1. The molecule has 0 spiro atoms. The Morgan fingerprint density at radius 3 is 1.82 bits per heavy atom. The third-order valence-electron chi connectivity index (χ3n) is 11.2. The Kier molecular flexibility index (Phi) is 11.0. The van der Waals surface area contributed by atoms with Gasteiger partial charge in [0.25, 0.3) is 0 Å². The third kappa shape index (κ3) is 7.86. The molecule has 2 aliphatic rings. The summed E-state index contributed by atoms with van der Waals surface area (Å²) in [4.78, 5) is 5.37. The maximum Gasteiger partial charge on any atom is 0.145 e. The van der Waals surface area contributed by atoms with E-state index in [2.05, 4.69) is 208 Å². The normalized spacial score (nSPS) is 16.6. The van der Waals surface area contributed by atoms with Crippen molar-refractivity contribution in [1.29, 1.82) is 0 Å². The Balaban J connectivity index is 1.16. The summed E-state index contributed by atoms with van der Waals surface area (Å²) in [7, 11) is 0. The lowest BCUT2D eigenvalue weighted by atomic mass is 9.69. The Morgan fingerprint density at radius 1 is 0.649 bits per heavy atom. The summed E-state index contributed by atoms with van der Waals surface area (Å²) >= 11 is 0. The molecule has 0 saturated carbocycles. The predicted octanol–water partition coefficient (Wildman–Crippen LogP) is 14.2. The molecule has 0 aromatic heterocycles. The molecule has 8 rings (SSSR count). The number of benzene rings is 6. The maximum absolute atomic E-state index is 5.37. The standard InChI is InChI=1S/C55H48N2/c1-5-17-49-48(6-2)52-35-34-46(37-53(52)51-25-15-14-24-50(49)51)45-22-16-23-47(36-45)55(56-38(4)39-26-28-42(29-27-39)40-18-10-8-11-19-40)57-54(7-3)44-32-30-43(31-33-44)41-20-12-9-13-21-41/h5,7-37,50-51,55-56H,3-4,6H2,1-2H3/b17-5-,57-54+/t50?,51-,55?/m0/s1. The van der Waals surface area contributed by atoms with Crippen LogP contribution < -0.4 is 5.32 Å². The fraction of sp³-hybridized carbons (Fsp3) is 0.109. The zero-order chi connectivity index (χ0) is 39.1. The van der Waals surface area contributed by atoms with Gasteiger partial charge in [-0.05, 0) is 104 Å². The van der Waals surface area contributed by atoms with Crippen LogP contribution in [0.2, 0.25) is 0 Å². The fourth-order valence-electron chi connectivity index (χ4n) is 8.31. The van der Waals surface area contributed by atoms with Crippen molar-refractivity contribution in [3.8, 4) is 33.4 Å². The van der Waals surface area contributed by atoms with Gasteiger partial charge in [0.05, 0.1) is 5.71 Å². The molecule has 3 atom stereocenters. The Morgan fingerprint density at radius 2 is 1.21 bits per heavy atom. The number of hydrogen-bond acceptors (Lipinski definition) is 2. The Labute approximate surface area is 338 Å². The number of hydrogen-bond donors (Lipinski definition) is 1. The van der Waals surface area contributed by atoms with Crippen LogP contribution in [0.4, 0.5) is 0 Å². The van der Waals surface area contributed by atoms with E-state index in [1.54, 1.807) is 0 Å². The fourth-order valence-corrected chi connectivity index (χ4v) is 8.31. The first-order chi connectivity index (χ1) is 28.0. The van der Waals surface area contributed by atoms with Gasteiger partial charge in [-0.1, -0.05) is 196 Å². The number of fused-ring (bicyclic) bond motifs is 3. The summed E-state index contributed by atoms with van der Waals surface area (Å²) < 4.78 is 0. The van der Waals surface area contributed by atoms with Gasteiger partial charge in [-0.3, -0.25) is 4.99 Å². The molecular weight excluding hydrogens is 689 g/mol. The number of rotatable bonds is 12. The third-order valence-corrected chi connectivity index (χ3v) is 11.2. The van der Waals surface area contributed by atoms with E-state index in [1.165, 1.54) is 39.0 Å². The van der Waals surface area contributed by atoms with Gasteiger partial charge in [-0.2, -0.15) is 0 Å². The average molecular weight is 737 g/mol. The molecule has 0 heterocycles. The largest absolute Gasteiger partial charge is 0.360 e. The van der Waals surface area contributed by atoms with Crippen LogP contribution in [0.15, 0.2) is 218 Å². The van der Waals surface area contributed by atoms with Crippen molar-refractivity contribution in [2.45, 2.75) is 32.4 Å². The highest BCUT2D eigenvalue weighted by molar-refractivity contribution is 6.08. The number of allylic oxidation sites excluding steroid dienone is 9. The van der Waals surface area contributed by atoms with Gasteiger partial charge in [-0.25, -0.2) is 0 Å². The van der Waals surface area contributed by atoms with E-state index < -0.39 is 6.17 Å². The first-order valence-electron chi connectivity index (χ1n) is 20.0. The highest BCUT2D eigenvalue weighted by Gasteiger charge is 2.32. The van der Waals surface area contributed by atoms with E-state index >= 15 is 0 Å². The lowest BCUT2D eigenvalue weighted by Gasteiger charge is -2.35. The van der Waals surface area contributed by atoms with Gasteiger partial charge in [-0.15, -0.1) is 0 Å². The number of aliphatic imine (C=N–C) groups is 1. The second-order valence-corrected chi connectivity index (χ2v) is 14.7. The van der Waals surface area contributed by atoms with Crippen LogP contribution in [0.1, 0.15) is 60.2 Å². The molecule has 0 bridgehead atoms. The summed E-state index contributed by atoms with van der Waals surface area (Å²) in [6, 6.07) is 53.8. The summed E-state index contributed by atoms with van der Waals surface area (Å²) in [6.45, 7) is 13.1. The predicted molar refractivity (Wildman–Crippen MR) is 244 cm³/mol. The quantitative estimate of drug-likeness (QED) is 0.124. The van der Waals surface area contributed by atoms with Gasteiger partial charge in [0.1, 0.15) is 6.17 Å². The zero-order valence-corrected chi connectivity index (χ0v) is 32.8. The molecule has 2 nitrogen and oxygen atoms in total. The maximum atomic E-state index is 5.37. The summed E-state index contributed by atoms with van der Waals surface area (Å²) in [5.74, 6) is 0.638. The lowest BCUT2D eigenvalue weighted by molar-refractivity contribution is 0.660. The van der Waals surface area contributed by atoms with Crippen molar-refractivity contribution in [1.82, 2.24) is 5.32 Å². The molecule has 2 aliphatic carbocycles. The first kappa shape index (κ1) is 37.2. The molecule has 278 valence electrons. The van der Waals surface area contributed by atoms with Gasteiger partial charge >= 0.3 is 0 Å². The zero-order valence-electron chi connectivity index (χ0n) is 32.8. The second kappa shape index (κ2) is 16.9. The molecule has 0 radical (unpaired) electrons. The van der Waals surface area contributed by atoms with Crippen molar-refractivity contribution in [2.75, 3.05) is 0 Å². The Bertz CT molecular complexity index is 2550. The SMILES string of the molecule is C=C/C(=N\C(NC(=C)c1ccc(-c2ccccc2)cc1)c1cccc(-c2ccc3c(c2)[C@H]2C=CC=CC2C(/C=C\C)=C3CC)c1)c1ccc(-c2ccccc2)cc1. The molecule has 6 aromatic carbocycles. The second-order valence-electron chi connectivity index (χ2n) is 14.7. The van der Waals surface area contributed by atoms with Crippen molar-refractivity contribution < 1.29 is 0 Å². The van der Waals surface area contributed by atoms with Gasteiger partial charge in [0.15, 0.2) is 0 Å². The molecule has 2 unspecified atom stereocenters. The van der Waals surface area contributed by atoms with E-state index in [4.69, 9.17) is 4.99 Å². The van der Waals surface area contributed by atoms with E-state index in [0.717, 1.165) is 51.2 Å². The Hall–Kier alpha value is -6.77. The number of nitrogens with one attached hydrogen (secondary N) is 1. The molecule has 0 aliphatic heterocycles. The van der Waals surface area contributed by atoms with Crippen LogP contribution in [0.5, 0.6) is 0 Å². The summed E-state index contributed by atoms with van der Waals surface area (Å²) in [5, 5.41) is 3.72.